The molecule has 0 unspecified atom stereocenters. The Balaban J connectivity index is 1.10. The van der Waals surface area contributed by atoms with Gasteiger partial charge in [-0.05, 0) is 106 Å². The molecule has 0 atom stereocenters. The predicted octanol–water partition coefficient (Wildman–Crippen LogP) is 12.3. The smallest absolute Gasteiger partial charge is 0.210 e. The molecule has 1 aliphatic heterocycles. The van der Waals surface area contributed by atoms with Crippen LogP contribution in [0.1, 0.15) is 0 Å². The number of nitrogens with zero attached hydrogens (tertiary/aromatic N) is 2. The van der Waals surface area contributed by atoms with Crippen molar-refractivity contribution in [3.63, 3.8) is 0 Å². The van der Waals surface area contributed by atoms with E-state index in [0.29, 0.717) is 21.2 Å². The summed E-state index contributed by atoms with van der Waals surface area (Å²) in [4.78, 5) is 4.96. The molecule has 0 spiro atoms. The van der Waals surface area contributed by atoms with Gasteiger partial charge in [0.1, 0.15) is 0 Å². The second-order valence-electron chi connectivity index (χ2n) is 12.7. The molecular formula is C46H32N2O2S. The van der Waals surface area contributed by atoms with Crippen LogP contribution in [0.5, 0.6) is 0 Å². The highest BCUT2D eigenvalue weighted by molar-refractivity contribution is 7.92. The van der Waals surface area contributed by atoms with E-state index < -0.39 is 9.84 Å². The fraction of sp³-hybridized carbons (Fsp3) is 0. The van der Waals surface area contributed by atoms with Crippen molar-refractivity contribution in [2.45, 2.75) is 9.79 Å². The highest BCUT2D eigenvalue weighted by Gasteiger charge is 2.34. The van der Waals surface area contributed by atoms with Gasteiger partial charge in [-0.25, -0.2) is 8.42 Å². The van der Waals surface area contributed by atoms with Crippen LogP contribution in [-0.4, -0.2) is 8.42 Å². The molecule has 0 bridgehead atoms. The highest BCUT2D eigenvalue weighted by Crippen LogP contribution is 2.48. The third kappa shape index (κ3) is 5.45. The minimum Gasteiger partial charge on any atom is -0.310 e. The minimum atomic E-state index is -3.64. The summed E-state index contributed by atoms with van der Waals surface area (Å²) in [5, 5.41) is 2.38. The molecule has 8 aromatic carbocycles. The van der Waals surface area contributed by atoms with E-state index in [1.807, 2.05) is 47.4 Å². The van der Waals surface area contributed by atoms with Gasteiger partial charge in [0.2, 0.25) is 9.84 Å². The van der Waals surface area contributed by atoms with Crippen molar-refractivity contribution in [3.8, 4) is 22.3 Å². The van der Waals surface area contributed by atoms with E-state index in [1.54, 1.807) is 24.3 Å². The number of para-hydroxylation sites is 2. The van der Waals surface area contributed by atoms with Gasteiger partial charge in [-0.15, -0.1) is 0 Å². The Labute approximate surface area is 298 Å². The predicted molar refractivity (Wildman–Crippen MR) is 210 cm³/mol. The Kier molecular flexibility index (Phi) is 7.49. The van der Waals surface area contributed by atoms with Crippen LogP contribution in [0.25, 0.3) is 33.0 Å². The molecule has 0 fully saturated rings. The van der Waals surface area contributed by atoms with Crippen LogP contribution in [0, 0.1) is 0 Å². The largest absolute Gasteiger partial charge is 0.310 e. The Bertz CT molecular complexity index is 2600. The van der Waals surface area contributed by atoms with E-state index in [0.717, 1.165) is 33.9 Å². The molecule has 0 radical (unpaired) electrons. The number of sulfone groups is 1. The summed E-state index contributed by atoms with van der Waals surface area (Å²) in [6.45, 7) is 0. The Morgan fingerprint density at radius 1 is 0.373 bits per heavy atom. The standard InChI is InChI=1S/C46H32N2O2S/c49-51(50)45-19-8-6-17-43(45)48(44-18-7-9-20-46(44)51)41-16-10-15-38(31-41)36-23-28-40(29-24-36)47(42-30-25-34-13-4-5-14-37(34)32-42)39-26-21-35(22-27-39)33-11-2-1-3-12-33/h1-32H. The maximum atomic E-state index is 13.6. The van der Waals surface area contributed by atoms with Crippen molar-refractivity contribution in [1.29, 1.82) is 0 Å². The van der Waals surface area contributed by atoms with Gasteiger partial charge >= 0.3 is 0 Å². The molecule has 8 aromatic rings. The van der Waals surface area contributed by atoms with E-state index in [4.69, 9.17) is 0 Å². The maximum Gasteiger partial charge on any atom is 0.210 e. The molecule has 244 valence electrons. The second-order valence-corrected chi connectivity index (χ2v) is 14.5. The number of anilines is 6. The van der Waals surface area contributed by atoms with Crippen molar-refractivity contribution in [2.24, 2.45) is 0 Å². The van der Waals surface area contributed by atoms with Gasteiger partial charge in [0, 0.05) is 22.7 Å². The van der Waals surface area contributed by atoms with Crippen LogP contribution in [0.15, 0.2) is 204 Å². The van der Waals surface area contributed by atoms with E-state index >= 15 is 0 Å². The normalized spacial score (nSPS) is 13.0. The molecular weight excluding hydrogens is 645 g/mol. The lowest BCUT2D eigenvalue weighted by molar-refractivity contribution is 0.595. The van der Waals surface area contributed by atoms with Crippen molar-refractivity contribution in [3.05, 3.63) is 194 Å². The second kappa shape index (κ2) is 12.5. The van der Waals surface area contributed by atoms with Crippen molar-refractivity contribution < 1.29 is 8.42 Å². The van der Waals surface area contributed by atoms with E-state index in [9.17, 15) is 8.42 Å². The van der Waals surface area contributed by atoms with Crippen LogP contribution in [-0.2, 0) is 9.84 Å². The number of benzene rings is 8. The van der Waals surface area contributed by atoms with Gasteiger partial charge in [0.25, 0.3) is 0 Å². The fourth-order valence-corrected chi connectivity index (χ4v) is 8.71. The quantitative estimate of drug-likeness (QED) is 0.176. The topological polar surface area (TPSA) is 40.6 Å². The first-order chi connectivity index (χ1) is 25.0. The van der Waals surface area contributed by atoms with Crippen LogP contribution in [0.3, 0.4) is 0 Å². The zero-order chi connectivity index (χ0) is 34.4. The summed E-state index contributed by atoms with van der Waals surface area (Å²) >= 11 is 0. The van der Waals surface area contributed by atoms with Gasteiger partial charge in [0.15, 0.2) is 0 Å². The van der Waals surface area contributed by atoms with E-state index in [-0.39, 0.29) is 0 Å². The Morgan fingerprint density at radius 3 is 1.51 bits per heavy atom. The van der Waals surface area contributed by atoms with Gasteiger partial charge in [-0.2, -0.15) is 0 Å². The molecule has 0 aromatic heterocycles. The number of hydrogen-bond acceptors (Lipinski definition) is 4. The molecule has 1 heterocycles. The lowest BCUT2D eigenvalue weighted by Gasteiger charge is -2.33. The number of hydrogen-bond donors (Lipinski definition) is 0. The average Bonchev–Trinajstić information content (AvgIpc) is 3.19. The Hall–Kier alpha value is -6.43. The van der Waals surface area contributed by atoms with Crippen molar-refractivity contribution >= 4 is 54.7 Å². The zero-order valence-electron chi connectivity index (χ0n) is 27.6. The molecule has 51 heavy (non-hydrogen) atoms. The number of rotatable bonds is 6. The van der Waals surface area contributed by atoms with E-state index in [2.05, 4.69) is 132 Å². The SMILES string of the molecule is O=S1(=O)c2ccccc2N(c2cccc(-c3ccc(N(c4ccc(-c5ccccc5)cc4)c4ccc5ccccc5c4)cc3)c2)c2ccccc21. The first kappa shape index (κ1) is 30.6. The van der Waals surface area contributed by atoms with E-state index in [1.165, 1.54) is 21.9 Å². The summed E-state index contributed by atoms with van der Waals surface area (Å²) in [6, 6.07) is 65.6. The maximum absolute atomic E-state index is 13.6. The van der Waals surface area contributed by atoms with Crippen LogP contribution >= 0.6 is 0 Å². The molecule has 0 aliphatic carbocycles. The first-order valence-electron chi connectivity index (χ1n) is 16.9. The fourth-order valence-electron chi connectivity index (χ4n) is 7.09. The van der Waals surface area contributed by atoms with Crippen LogP contribution in [0.2, 0.25) is 0 Å². The summed E-state index contributed by atoms with van der Waals surface area (Å²) in [5.41, 5.74) is 9.82. The van der Waals surface area contributed by atoms with Crippen molar-refractivity contribution in [2.75, 3.05) is 9.80 Å². The lowest BCUT2D eigenvalue weighted by Crippen LogP contribution is -2.22. The summed E-state index contributed by atoms with van der Waals surface area (Å²) in [6.07, 6.45) is 0. The molecule has 9 rings (SSSR count). The highest BCUT2D eigenvalue weighted by atomic mass is 32.2. The van der Waals surface area contributed by atoms with Crippen LogP contribution < -0.4 is 9.80 Å². The summed E-state index contributed by atoms with van der Waals surface area (Å²) < 4.78 is 27.1. The molecule has 0 amide bonds. The molecule has 0 N–H and O–H groups in total. The molecule has 0 saturated heterocycles. The third-order valence-electron chi connectivity index (χ3n) is 9.58. The molecule has 5 heteroatoms. The Morgan fingerprint density at radius 2 is 0.863 bits per heavy atom. The first-order valence-corrected chi connectivity index (χ1v) is 18.4. The molecule has 4 nitrogen and oxygen atoms in total. The van der Waals surface area contributed by atoms with Crippen molar-refractivity contribution in [1.82, 2.24) is 0 Å². The average molecular weight is 677 g/mol. The summed E-state index contributed by atoms with van der Waals surface area (Å²) in [7, 11) is -3.64. The van der Waals surface area contributed by atoms with Gasteiger partial charge in [-0.3, -0.25) is 0 Å². The minimum absolute atomic E-state index is 0.309. The van der Waals surface area contributed by atoms with Gasteiger partial charge in [0.05, 0.1) is 21.2 Å². The lowest BCUT2D eigenvalue weighted by atomic mass is 10.0. The summed E-state index contributed by atoms with van der Waals surface area (Å²) in [5.74, 6) is 0. The van der Waals surface area contributed by atoms with Gasteiger partial charge < -0.3 is 9.80 Å². The third-order valence-corrected chi connectivity index (χ3v) is 11.4. The zero-order valence-corrected chi connectivity index (χ0v) is 28.4. The van der Waals surface area contributed by atoms with Gasteiger partial charge in [-0.1, -0.05) is 121 Å². The van der Waals surface area contributed by atoms with Crippen LogP contribution in [0.4, 0.5) is 34.1 Å². The molecule has 0 saturated carbocycles. The number of fused-ring (bicyclic) bond motifs is 3. The monoisotopic (exact) mass is 676 g/mol. The molecule has 1 aliphatic rings.